The van der Waals surface area contributed by atoms with Crippen molar-refractivity contribution in [2.45, 2.75) is 0 Å². The van der Waals surface area contributed by atoms with Gasteiger partial charge in [0.15, 0.2) is 5.75 Å². The molecule has 1 rings (SSSR count). The maximum Gasteiger partial charge on any atom is 0.153 e. The van der Waals surface area contributed by atoms with Gasteiger partial charge in [-0.3, -0.25) is 0 Å². The van der Waals surface area contributed by atoms with Gasteiger partial charge in [-0.2, -0.15) is 0 Å². The van der Waals surface area contributed by atoms with Crippen LogP contribution >= 0.6 is 31.9 Å². The second-order valence-electron chi connectivity index (χ2n) is 2.07. The molecule has 0 saturated heterocycles. The minimum Gasteiger partial charge on any atom is -0.494 e. The van der Waals surface area contributed by atoms with E-state index in [9.17, 15) is 0 Å². The SMILES string of the molecule is CNc1cc(OC)c(Br)nc1Br. The van der Waals surface area contributed by atoms with Crippen LogP contribution in [0.3, 0.4) is 0 Å². The van der Waals surface area contributed by atoms with Gasteiger partial charge >= 0.3 is 0 Å². The van der Waals surface area contributed by atoms with Crippen molar-refractivity contribution < 1.29 is 4.74 Å². The first kappa shape index (κ1) is 9.80. The molecule has 0 aliphatic rings. The third kappa shape index (κ3) is 1.90. The van der Waals surface area contributed by atoms with Crippen molar-refractivity contribution >= 4 is 37.5 Å². The molecule has 0 bridgehead atoms. The predicted octanol–water partition coefficient (Wildman–Crippen LogP) is 2.66. The Morgan fingerprint density at radius 3 is 2.58 bits per heavy atom. The van der Waals surface area contributed by atoms with Gasteiger partial charge < -0.3 is 10.1 Å². The van der Waals surface area contributed by atoms with E-state index in [4.69, 9.17) is 4.74 Å². The van der Waals surface area contributed by atoms with Crippen molar-refractivity contribution in [3.63, 3.8) is 0 Å². The molecule has 0 aromatic carbocycles. The van der Waals surface area contributed by atoms with Gasteiger partial charge in [0.25, 0.3) is 0 Å². The summed E-state index contributed by atoms with van der Waals surface area (Å²) in [5.41, 5.74) is 0.898. The maximum atomic E-state index is 5.07. The summed E-state index contributed by atoms with van der Waals surface area (Å²) in [5.74, 6) is 0.711. The Kier molecular flexibility index (Phi) is 3.34. The highest BCUT2D eigenvalue weighted by Gasteiger charge is 2.06. The molecular weight excluding hydrogens is 288 g/mol. The smallest absolute Gasteiger partial charge is 0.153 e. The fraction of sp³-hybridized carbons (Fsp3) is 0.286. The van der Waals surface area contributed by atoms with Crippen molar-refractivity contribution in [2.75, 3.05) is 19.5 Å². The summed E-state index contributed by atoms with van der Waals surface area (Å²) < 4.78 is 6.52. The molecule has 3 nitrogen and oxygen atoms in total. The minimum absolute atomic E-state index is 0.691. The van der Waals surface area contributed by atoms with Crippen LogP contribution in [0.25, 0.3) is 0 Å². The summed E-state index contributed by atoms with van der Waals surface area (Å²) in [4.78, 5) is 4.16. The van der Waals surface area contributed by atoms with Gasteiger partial charge in [-0.15, -0.1) is 0 Å². The number of halogens is 2. The molecule has 0 fully saturated rings. The minimum atomic E-state index is 0.691. The van der Waals surface area contributed by atoms with Crippen LogP contribution in [-0.4, -0.2) is 19.1 Å². The number of ether oxygens (including phenoxy) is 1. The van der Waals surface area contributed by atoms with E-state index in [0.29, 0.717) is 10.4 Å². The molecule has 0 unspecified atom stereocenters. The molecule has 12 heavy (non-hydrogen) atoms. The molecule has 1 N–H and O–H groups in total. The van der Waals surface area contributed by atoms with Gasteiger partial charge in [0, 0.05) is 13.1 Å². The van der Waals surface area contributed by atoms with Crippen molar-refractivity contribution in [2.24, 2.45) is 0 Å². The highest BCUT2D eigenvalue weighted by Crippen LogP contribution is 2.30. The maximum absolute atomic E-state index is 5.07. The number of anilines is 1. The molecule has 0 aliphatic carbocycles. The first-order valence-corrected chi connectivity index (χ1v) is 4.85. The van der Waals surface area contributed by atoms with E-state index in [1.807, 2.05) is 13.1 Å². The van der Waals surface area contributed by atoms with Gasteiger partial charge in [0.1, 0.15) is 9.21 Å². The van der Waals surface area contributed by atoms with Gasteiger partial charge in [-0.1, -0.05) is 0 Å². The quantitative estimate of drug-likeness (QED) is 0.852. The molecule has 0 radical (unpaired) electrons. The average molecular weight is 296 g/mol. The summed E-state index contributed by atoms with van der Waals surface area (Å²) >= 11 is 6.59. The topological polar surface area (TPSA) is 34.1 Å². The fourth-order valence-corrected chi connectivity index (χ4v) is 1.95. The highest BCUT2D eigenvalue weighted by molar-refractivity contribution is 9.11. The lowest BCUT2D eigenvalue weighted by molar-refractivity contribution is 0.410. The largest absolute Gasteiger partial charge is 0.494 e. The summed E-state index contributed by atoms with van der Waals surface area (Å²) in [7, 11) is 3.43. The summed E-state index contributed by atoms with van der Waals surface area (Å²) in [6.45, 7) is 0. The van der Waals surface area contributed by atoms with Crippen molar-refractivity contribution in [1.29, 1.82) is 0 Å². The lowest BCUT2D eigenvalue weighted by Crippen LogP contribution is -1.94. The molecule has 1 aromatic rings. The summed E-state index contributed by atoms with van der Waals surface area (Å²) in [6.07, 6.45) is 0. The van der Waals surface area contributed by atoms with Crippen LogP contribution in [0.2, 0.25) is 0 Å². The molecule has 0 aliphatic heterocycles. The van der Waals surface area contributed by atoms with E-state index in [1.54, 1.807) is 7.11 Å². The zero-order valence-corrected chi connectivity index (χ0v) is 9.86. The predicted molar refractivity (Wildman–Crippen MR) is 55.7 cm³/mol. The Balaban J connectivity index is 3.18. The second-order valence-corrected chi connectivity index (χ2v) is 3.57. The van der Waals surface area contributed by atoms with Crippen LogP contribution in [0.15, 0.2) is 15.3 Å². The Hall–Kier alpha value is -0.290. The first-order valence-electron chi connectivity index (χ1n) is 3.26. The van der Waals surface area contributed by atoms with E-state index in [1.165, 1.54) is 0 Å². The molecule has 0 saturated carbocycles. The van der Waals surface area contributed by atoms with E-state index in [0.717, 1.165) is 10.3 Å². The van der Waals surface area contributed by atoms with Gasteiger partial charge in [0.2, 0.25) is 0 Å². The number of hydrogen-bond acceptors (Lipinski definition) is 3. The number of rotatable bonds is 2. The second kappa shape index (κ2) is 4.09. The fourth-order valence-electron chi connectivity index (χ4n) is 0.770. The summed E-state index contributed by atoms with van der Waals surface area (Å²) in [5, 5.41) is 2.99. The van der Waals surface area contributed by atoms with Crippen molar-refractivity contribution in [1.82, 2.24) is 4.98 Å². The molecule has 1 aromatic heterocycles. The van der Waals surface area contributed by atoms with E-state index < -0.39 is 0 Å². The zero-order chi connectivity index (χ0) is 9.14. The number of aromatic nitrogens is 1. The third-order valence-electron chi connectivity index (χ3n) is 1.39. The molecule has 1 heterocycles. The number of hydrogen-bond donors (Lipinski definition) is 1. The molecule has 5 heteroatoms. The highest BCUT2D eigenvalue weighted by atomic mass is 79.9. The Morgan fingerprint density at radius 1 is 1.42 bits per heavy atom. The summed E-state index contributed by atoms with van der Waals surface area (Å²) in [6, 6.07) is 1.86. The van der Waals surface area contributed by atoms with Crippen LogP contribution in [0.1, 0.15) is 0 Å². The van der Waals surface area contributed by atoms with Gasteiger partial charge in [-0.25, -0.2) is 4.98 Å². The molecule has 0 atom stereocenters. The molecule has 0 spiro atoms. The van der Waals surface area contributed by atoms with Crippen molar-refractivity contribution in [3.8, 4) is 5.75 Å². The third-order valence-corrected chi connectivity index (χ3v) is 2.56. The molecule has 0 amide bonds. The Bertz CT molecular complexity index is 266. The van der Waals surface area contributed by atoms with Crippen LogP contribution in [0.5, 0.6) is 5.75 Å². The van der Waals surface area contributed by atoms with Crippen LogP contribution in [-0.2, 0) is 0 Å². The van der Waals surface area contributed by atoms with Gasteiger partial charge in [-0.05, 0) is 31.9 Å². The first-order chi connectivity index (χ1) is 5.69. The number of nitrogens with one attached hydrogen (secondary N) is 1. The number of nitrogens with zero attached hydrogens (tertiary/aromatic N) is 1. The lowest BCUT2D eigenvalue weighted by atomic mass is 10.4. The standard InChI is InChI=1S/C7H8Br2N2O/c1-10-4-3-5(12-2)7(9)11-6(4)8/h3,10H,1-2H3. The lowest BCUT2D eigenvalue weighted by Gasteiger charge is -2.07. The van der Waals surface area contributed by atoms with Crippen LogP contribution in [0.4, 0.5) is 5.69 Å². The molecular formula is C7H8Br2N2O. The van der Waals surface area contributed by atoms with E-state index in [-0.39, 0.29) is 0 Å². The van der Waals surface area contributed by atoms with E-state index >= 15 is 0 Å². The van der Waals surface area contributed by atoms with Crippen LogP contribution < -0.4 is 10.1 Å². The van der Waals surface area contributed by atoms with E-state index in [2.05, 4.69) is 42.2 Å². The Labute approximate surface area is 87.8 Å². The molecule has 66 valence electrons. The zero-order valence-electron chi connectivity index (χ0n) is 6.69. The number of methoxy groups -OCH3 is 1. The van der Waals surface area contributed by atoms with Crippen LogP contribution in [0, 0.1) is 0 Å². The monoisotopic (exact) mass is 294 g/mol. The van der Waals surface area contributed by atoms with Crippen molar-refractivity contribution in [3.05, 3.63) is 15.3 Å². The average Bonchev–Trinajstić information content (AvgIpc) is 2.05. The van der Waals surface area contributed by atoms with Gasteiger partial charge in [0.05, 0.1) is 12.8 Å². The number of pyridine rings is 1. The Morgan fingerprint density at radius 2 is 2.08 bits per heavy atom. The normalized spacial score (nSPS) is 9.67.